The number of rotatable bonds is 4. The topological polar surface area (TPSA) is 12.0 Å². The zero-order valence-electron chi connectivity index (χ0n) is 11.7. The molecular weight excluding hydrogens is 218 g/mol. The number of anilines is 1. The van der Waals surface area contributed by atoms with Crippen molar-refractivity contribution >= 4 is 5.69 Å². The Hall–Kier alpha value is -0.980. The molecule has 0 aliphatic heterocycles. The van der Waals surface area contributed by atoms with E-state index in [1.54, 1.807) is 0 Å². The van der Waals surface area contributed by atoms with E-state index in [1.807, 2.05) is 0 Å². The van der Waals surface area contributed by atoms with E-state index in [1.165, 1.54) is 43.5 Å². The molecule has 18 heavy (non-hydrogen) atoms. The first-order valence-electron chi connectivity index (χ1n) is 7.56. The van der Waals surface area contributed by atoms with Gasteiger partial charge in [0.05, 0.1) is 0 Å². The molecule has 3 unspecified atom stereocenters. The third-order valence-electron chi connectivity index (χ3n) is 5.01. The van der Waals surface area contributed by atoms with Crippen molar-refractivity contribution in [1.29, 1.82) is 0 Å². The molecule has 2 fully saturated rings. The van der Waals surface area contributed by atoms with Crippen LogP contribution in [0.2, 0.25) is 0 Å². The fraction of sp³-hybridized carbons (Fsp3) is 0.647. The quantitative estimate of drug-likeness (QED) is 0.811. The molecule has 1 aromatic carbocycles. The van der Waals surface area contributed by atoms with Crippen molar-refractivity contribution in [2.45, 2.75) is 45.4 Å². The molecule has 2 aliphatic carbocycles. The number of nitrogens with one attached hydrogen (secondary N) is 1. The van der Waals surface area contributed by atoms with Crippen molar-refractivity contribution in [2.75, 3.05) is 11.9 Å². The lowest BCUT2D eigenvalue weighted by molar-refractivity contribution is 0.348. The van der Waals surface area contributed by atoms with Crippen LogP contribution in [0, 0.1) is 17.8 Å². The fourth-order valence-corrected chi connectivity index (χ4v) is 3.88. The van der Waals surface area contributed by atoms with E-state index in [0.717, 1.165) is 17.8 Å². The summed E-state index contributed by atoms with van der Waals surface area (Å²) in [5, 5.41) is 3.67. The number of benzene rings is 1. The monoisotopic (exact) mass is 243 g/mol. The first-order chi connectivity index (χ1) is 8.72. The Labute approximate surface area is 111 Å². The van der Waals surface area contributed by atoms with Crippen LogP contribution < -0.4 is 5.32 Å². The first-order valence-corrected chi connectivity index (χ1v) is 7.56. The van der Waals surface area contributed by atoms with Gasteiger partial charge in [0.15, 0.2) is 0 Å². The van der Waals surface area contributed by atoms with Gasteiger partial charge < -0.3 is 5.32 Å². The molecule has 1 nitrogen and oxygen atoms in total. The molecule has 0 heterocycles. The third-order valence-corrected chi connectivity index (χ3v) is 5.01. The van der Waals surface area contributed by atoms with Crippen LogP contribution >= 0.6 is 0 Å². The van der Waals surface area contributed by atoms with Crippen molar-refractivity contribution in [3.8, 4) is 0 Å². The van der Waals surface area contributed by atoms with Crippen LogP contribution in [0.4, 0.5) is 5.69 Å². The second-order valence-corrected chi connectivity index (χ2v) is 6.60. The zero-order valence-corrected chi connectivity index (χ0v) is 11.7. The predicted octanol–water partition coefficient (Wildman–Crippen LogP) is 4.66. The van der Waals surface area contributed by atoms with Crippen molar-refractivity contribution in [2.24, 2.45) is 17.8 Å². The van der Waals surface area contributed by atoms with Crippen LogP contribution in [0.1, 0.15) is 51.0 Å². The maximum absolute atomic E-state index is 3.67. The number of fused-ring (bicyclic) bond motifs is 2. The number of hydrogen-bond donors (Lipinski definition) is 1. The summed E-state index contributed by atoms with van der Waals surface area (Å²) >= 11 is 0. The van der Waals surface area contributed by atoms with E-state index in [2.05, 4.69) is 43.4 Å². The summed E-state index contributed by atoms with van der Waals surface area (Å²) in [4.78, 5) is 0. The van der Waals surface area contributed by atoms with Crippen LogP contribution in [-0.4, -0.2) is 6.54 Å². The van der Waals surface area contributed by atoms with Gasteiger partial charge in [-0.25, -0.2) is 0 Å². The van der Waals surface area contributed by atoms with Gasteiger partial charge in [-0.2, -0.15) is 0 Å². The van der Waals surface area contributed by atoms with E-state index in [0.29, 0.717) is 5.92 Å². The van der Waals surface area contributed by atoms with E-state index in [9.17, 15) is 0 Å². The Bertz CT molecular complexity index is 410. The highest BCUT2D eigenvalue weighted by molar-refractivity contribution is 5.46. The van der Waals surface area contributed by atoms with Gasteiger partial charge in [-0.1, -0.05) is 32.4 Å². The molecule has 3 rings (SSSR count). The van der Waals surface area contributed by atoms with Crippen LogP contribution in [-0.2, 0) is 0 Å². The van der Waals surface area contributed by atoms with Crippen molar-refractivity contribution in [3.63, 3.8) is 0 Å². The zero-order chi connectivity index (χ0) is 12.5. The summed E-state index contributed by atoms with van der Waals surface area (Å²) in [5.41, 5.74) is 2.75. The summed E-state index contributed by atoms with van der Waals surface area (Å²) in [7, 11) is 0. The SMILES string of the molecule is CC(C)c1cccc(NCC2CC3CCC2C3)c1. The number of hydrogen-bond acceptors (Lipinski definition) is 1. The Morgan fingerprint density at radius 1 is 1.22 bits per heavy atom. The molecule has 1 aromatic rings. The van der Waals surface area contributed by atoms with Gasteiger partial charge in [0.2, 0.25) is 0 Å². The van der Waals surface area contributed by atoms with Crippen LogP contribution in [0.15, 0.2) is 24.3 Å². The highest BCUT2D eigenvalue weighted by atomic mass is 14.9. The largest absolute Gasteiger partial charge is 0.385 e. The van der Waals surface area contributed by atoms with E-state index >= 15 is 0 Å². The lowest BCUT2D eigenvalue weighted by atomic mass is 9.89. The molecule has 2 saturated carbocycles. The lowest BCUT2D eigenvalue weighted by Gasteiger charge is -2.22. The van der Waals surface area contributed by atoms with Gasteiger partial charge in [-0.05, 0) is 60.6 Å². The lowest BCUT2D eigenvalue weighted by Crippen LogP contribution is -2.20. The summed E-state index contributed by atoms with van der Waals surface area (Å²) in [5.74, 6) is 3.64. The second kappa shape index (κ2) is 4.95. The van der Waals surface area contributed by atoms with E-state index in [-0.39, 0.29) is 0 Å². The molecule has 0 aromatic heterocycles. The summed E-state index contributed by atoms with van der Waals surface area (Å²) in [6.45, 7) is 5.70. The van der Waals surface area contributed by atoms with Crippen LogP contribution in [0.3, 0.4) is 0 Å². The van der Waals surface area contributed by atoms with Gasteiger partial charge >= 0.3 is 0 Å². The molecule has 3 atom stereocenters. The van der Waals surface area contributed by atoms with Crippen LogP contribution in [0.5, 0.6) is 0 Å². The highest BCUT2D eigenvalue weighted by Gasteiger charge is 2.38. The molecule has 98 valence electrons. The van der Waals surface area contributed by atoms with Crippen molar-refractivity contribution in [3.05, 3.63) is 29.8 Å². The highest BCUT2D eigenvalue weighted by Crippen LogP contribution is 2.48. The van der Waals surface area contributed by atoms with Gasteiger partial charge in [-0.3, -0.25) is 0 Å². The van der Waals surface area contributed by atoms with Gasteiger partial charge in [-0.15, -0.1) is 0 Å². The Morgan fingerprint density at radius 3 is 2.78 bits per heavy atom. The Morgan fingerprint density at radius 2 is 2.11 bits per heavy atom. The maximum atomic E-state index is 3.67. The third kappa shape index (κ3) is 2.41. The van der Waals surface area contributed by atoms with E-state index in [4.69, 9.17) is 0 Å². The molecule has 0 amide bonds. The molecule has 1 N–H and O–H groups in total. The van der Waals surface area contributed by atoms with Crippen molar-refractivity contribution < 1.29 is 0 Å². The Balaban J connectivity index is 1.58. The molecular formula is C17H25N. The van der Waals surface area contributed by atoms with Gasteiger partial charge in [0.1, 0.15) is 0 Å². The Kier molecular flexibility index (Phi) is 3.32. The second-order valence-electron chi connectivity index (χ2n) is 6.60. The predicted molar refractivity (Wildman–Crippen MR) is 78.0 cm³/mol. The standard InChI is InChI=1S/C17H25N/c1-12(2)14-4-3-5-17(10-14)18-11-16-9-13-6-7-15(16)8-13/h3-5,10,12-13,15-16,18H,6-9,11H2,1-2H3. The minimum absolute atomic E-state index is 0.620. The average molecular weight is 243 g/mol. The van der Waals surface area contributed by atoms with Crippen LogP contribution in [0.25, 0.3) is 0 Å². The summed E-state index contributed by atoms with van der Waals surface area (Å²) in [6.07, 6.45) is 5.98. The maximum Gasteiger partial charge on any atom is 0.0343 e. The molecule has 0 radical (unpaired) electrons. The molecule has 2 aliphatic rings. The minimum Gasteiger partial charge on any atom is -0.385 e. The molecule has 2 bridgehead atoms. The van der Waals surface area contributed by atoms with Gasteiger partial charge in [0.25, 0.3) is 0 Å². The smallest absolute Gasteiger partial charge is 0.0343 e. The molecule has 0 spiro atoms. The molecule has 0 saturated heterocycles. The minimum atomic E-state index is 0.620. The average Bonchev–Trinajstić information content (AvgIpc) is 2.99. The van der Waals surface area contributed by atoms with Gasteiger partial charge in [0, 0.05) is 12.2 Å². The first kappa shape index (κ1) is 12.1. The summed E-state index contributed by atoms with van der Waals surface area (Å²) < 4.78 is 0. The molecule has 1 heteroatoms. The fourth-order valence-electron chi connectivity index (χ4n) is 3.88. The normalized spacial score (nSPS) is 30.1. The summed E-state index contributed by atoms with van der Waals surface area (Å²) in [6, 6.07) is 8.93. The van der Waals surface area contributed by atoms with E-state index < -0.39 is 0 Å². The van der Waals surface area contributed by atoms with Crippen molar-refractivity contribution in [1.82, 2.24) is 0 Å².